The molecule has 0 aromatic carbocycles. The lowest BCUT2D eigenvalue weighted by atomic mass is 10.2. The van der Waals surface area contributed by atoms with Crippen LogP contribution in [0.2, 0.25) is 0 Å². The lowest BCUT2D eigenvalue weighted by Crippen LogP contribution is -2.26. The number of halogens is 1. The van der Waals surface area contributed by atoms with Crippen LogP contribution in [0.4, 0.5) is 11.9 Å². The second kappa shape index (κ2) is 3.69. The first kappa shape index (κ1) is 10.2. The molecule has 1 atom stereocenters. The fourth-order valence-electron chi connectivity index (χ4n) is 1.58. The second-order valence-electron chi connectivity index (χ2n) is 3.62. The second-order valence-corrected chi connectivity index (χ2v) is 3.93. The van der Waals surface area contributed by atoms with Crippen molar-refractivity contribution in [2.24, 2.45) is 13.0 Å². The van der Waals surface area contributed by atoms with Crippen LogP contribution in [-0.2, 0) is 11.8 Å². The zero-order valence-corrected chi connectivity index (χ0v) is 9.11. The third-order valence-electron chi connectivity index (χ3n) is 2.45. The van der Waals surface area contributed by atoms with Gasteiger partial charge >= 0.3 is 0 Å². The van der Waals surface area contributed by atoms with Gasteiger partial charge in [0.15, 0.2) is 0 Å². The number of aryl methyl sites for hydroxylation is 1. The van der Waals surface area contributed by atoms with Crippen LogP contribution in [-0.4, -0.2) is 33.1 Å². The van der Waals surface area contributed by atoms with E-state index in [4.69, 9.17) is 17.3 Å². The molecule has 1 aliphatic heterocycles. The highest BCUT2D eigenvalue weighted by Crippen LogP contribution is 2.23. The molecule has 0 spiro atoms. The van der Waals surface area contributed by atoms with Gasteiger partial charge in [-0.15, -0.1) is 16.7 Å². The van der Waals surface area contributed by atoms with Gasteiger partial charge in [-0.25, -0.2) is 4.68 Å². The smallest absolute Gasteiger partial charge is 0.253 e. The van der Waals surface area contributed by atoms with E-state index in [1.165, 1.54) is 9.58 Å². The lowest BCUT2D eigenvalue weighted by molar-refractivity contribution is -0.117. The van der Waals surface area contributed by atoms with Crippen molar-refractivity contribution in [3.8, 4) is 0 Å². The summed E-state index contributed by atoms with van der Waals surface area (Å²) in [6.07, 6.45) is 0.460. The van der Waals surface area contributed by atoms with Crippen molar-refractivity contribution in [2.45, 2.75) is 6.42 Å². The predicted molar refractivity (Wildman–Crippen MR) is 56.6 cm³/mol. The molecule has 2 heterocycles. The monoisotopic (exact) mass is 229 g/mol. The molecule has 82 valence electrons. The van der Waals surface area contributed by atoms with Crippen molar-refractivity contribution in [1.29, 1.82) is 0 Å². The van der Waals surface area contributed by atoms with Gasteiger partial charge in [0.1, 0.15) is 0 Å². The maximum atomic E-state index is 11.6. The van der Waals surface area contributed by atoms with Crippen LogP contribution in [0.5, 0.6) is 0 Å². The molecule has 1 saturated heterocycles. The molecule has 15 heavy (non-hydrogen) atoms. The Bertz CT molecular complexity index is 371. The number of nitrogen functional groups attached to an aromatic ring is 1. The molecular weight excluding hydrogens is 218 g/mol. The van der Waals surface area contributed by atoms with Gasteiger partial charge in [-0.1, -0.05) is 0 Å². The molecule has 2 N–H and O–H groups in total. The largest absolute Gasteiger partial charge is 0.368 e. The highest BCUT2D eigenvalue weighted by molar-refractivity contribution is 6.18. The minimum atomic E-state index is 0.00579. The van der Waals surface area contributed by atoms with Gasteiger partial charge in [0.2, 0.25) is 11.9 Å². The van der Waals surface area contributed by atoms with E-state index in [2.05, 4.69) is 10.1 Å². The van der Waals surface area contributed by atoms with E-state index in [-0.39, 0.29) is 11.8 Å². The molecule has 1 amide bonds. The van der Waals surface area contributed by atoms with Gasteiger partial charge in [-0.05, 0) is 5.92 Å². The number of nitrogens with two attached hydrogens (primary N) is 1. The van der Waals surface area contributed by atoms with Gasteiger partial charge in [0, 0.05) is 25.9 Å². The SMILES string of the molecule is Cn1nc(N2CC(CCl)CC2=O)nc1N. The predicted octanol–water partition coefficient (Wildman–Crippen LogP) is -0.0110. The number of hydrogen-bond acceptors (Lipinski definition) is 4. The molecule has 7 heteroatoms. The van der Waals surface area contributed by atoms with Gasteiger partial charge in [-0.2, -0.15) is 4.98 Å². The van der Waals surface area contributed by atoms with Crippen LogP contribution in [0, 0.1) is 5.92 Å². The fraction of sp³-hybridized carbons (Fsp3) is 0.625. The van der Waals surface area contributed by atoms with Crippen LogP contribution in [0.1, 0.15) is 6.42 Å². The Morgan fingerprint density at radius 1 is 1.67 bits per heavy atom. The number of carbonyl (C=O) groups excluding carboxylic acids is 1. The van der Waals surface area contributed by atoms with E-state index in [1.54, 1.807) is 7.05 Å². The summed E-state index contributed by atoms with van der Waals surface area (Å²) in [5, 5.41) is 4.05. The number of rotatable bonds is 2. The van der Waals surface area contributed by atoms with Crippen molar-refractivity contribution in [2.75, 3.05) is 23.1 Å². The number of anilines is 2. The number of hydrogen-bond donors (Lipinski definition) is 1. The molecule has 2 rings (SSSR count). The summed E-state index contributed by atoms with van der Waals surface area (Å²) in [5.41, 5.74) is 5.55. The zero-order valence-electron chi connectivity index (χ0n) is 8.35. The Hall–Kier alpha value is -1.30. The Kier molecular flexibility index (Phi) is 2.52. The fourth-order valence-corrected chi connectivity index (χ4v) is 1.78. The van der Waals surface area contributed by atoms with Crippen molar-refractivity contribution in [1.82, 2.24) is 14.8 Å². The van der Waals surface area contributed by atoms with E-state index in [0.717, 1.165) is 0 Å². The van der Waals surface area contributed by atoms with E-state index >= 15 is 0 Å². The first-order chi connectivity index (χ1) is 7.11. The normalized spacial score (nSPS) is 21.3. The van der Waals surface area contributed by atoms with Crippen molar-refractivity contribution < 1.29 is 4.79 Å². The number of amides is 1. The van der Waals surface area contributed by atoms with Crippen molar-refractivity contribution >= 4 is 29.4 Å². The number of aromatic nitrogens is 3. The van der Waals surface area contributed by atoms with Crippen LogP contribution in [0.25, 0.3) is 0 Å². The van der Waals surface area contributed by atoms with Gasteiger partial charge in [-0.3, -0.25) is 9.69 Å². The zero-order chi connectivity index (χ0) is 11.0. The lowest BCUT2D eigenvalue weighted by Gasteiger charge is -2.10. The average molecular weight is 230 g/mol. The van der Waals surface area contributed by atoms with Crippen LogP contribution in [0.3, 0.4) is 0 Å². The molecule has 1 aromatic heterocycles. The van der Waals surface area contributed by atoms with Crippen LogP contribution < -0.4 is 10.6 Å². The summed E-state index contributed by atoms with van der Waals surface area (Å²) < 4.78 is 1.44. The first-order valence-electron chi connectivity index (χ1n) is 4.64. The summed E-state index contributed by atoms with van der Waals surface area (Å²) in [6.45, 7) is 0.575. The standard InChI is InChI=1S/C8H12ClN5O/c1-13-7(10)11-8(12-13)14-4-5(3-9)2-6(14)15/h5H,2-4H2,1H3,(H2,10,11,12). The highest BCUT2D eigenvalue weighted by atomic mass is 35.5. The van der Waals surface area contributed by atoms with Crippen molar-refractivity contribution in [3.05, 3.63) is 0 Å². The molecule has 0 radical (unpaired) electrons. The minimum Gasteiger partial charge on any atom is -0.368 e. The maximum Gasteiger partial charge on any atom is 0.253 e. The Balaban J connectivity index is 2.21. The summed E-state index contributed by atoms with van der Waals surface area (Å²) in [5.74, 6) is 1.33. The Morgan fingerprint density at radius 2 is 2.40 bits per heavy atom. The van der Waals surface area contributed by atoms with E-state index < -0.39 is 0 Å². The molecule has 1 unspecified atom stereocenters. The van der Waals surface area contributed by atoms with Gasteiger partial charge < -0.3 is 5.73 Å². The van der Waals surface area contributed by atoms with Crippen LogP contribution in [0.15, 0.2) is 0 Å². The summed E-state index contributed by atoms with van der Waals surface area (Å²) in [7, 11) is 1.69. The van der Waals surface area contributed by atoms with E-state index in [1.807, 2.05) is 0 Å². The van der Waals surface area contributed by atoms with E-state index in [0.29, 0.717) is 30.7 Å². The van der Waals surface area contributed by atoms with Crippen LogP contribution >= 0.6 is 11.6 Å². The Labute approximate surface area is 92.0 Å². The van der Waals surface area contributed by atoms with E-state index in [9.17, 15) is 4.79 Å². The Morgan fingerprint density at radius 3 is 2.87 bits per heavy atom. The number of nitrogens with zero attached hydrogens (tertiary/aromatic N) is 4. The number of carbonyl (C=O) groups is 1. The topological polar surface area (TPSA) is 77.0 Å². The maximum absolute atomic E-state index is 11.6. The molecule has 1 aliphatic rings. The molecule has 1 aromatic rings. The molecular formula is C8H12ClN5O. The minimum absolute atomic E-state index is 0.00579. The first-order valence-corrected chi connectivity index (χ1v) is 5.18. The molecule has 0 bridgehead atoms. The molecule has 1 fully saturated rings. The summed E-state index contributed by atoms with van der Waals surface area (Å²) in [6, 6.07) is 0. The third kappa shape index (κ3) is 1.77. The summed E-state index contributed by atoms with van der Waals surface area (Å²) in [4.78, 5) is 17.1. The van der Waals surface area contributed by atoms with Gasteiger partial charge in [0.25, 0.3) is 5.95 Å². The third-order valence-corrected chi connectivity index (χ3v) is 2.89. The number of alkyl halides is 1. The van der Waals surface area contributed by atoms with Gasteiger partial charge in [0.05, 0.1) is 0 Å². The average Bonchev–Trinajstić information content (AvgIpc) is 2.71. The summed E-state index contributed by atoms with van der Waals surface area (Å²) >= 11 is 5.71. The quantitative estimate of drug-likeness (QED) is 0.724. The molecule has 6 nitrogen and oxygen atoms in total. The molecule has 0 saturated carbocycles. The van der Waals surface area contributed by atoms with Crippen molar-refractivity contribution in [3.63, 3.8) is 0 Å². The molecule has 0 aliphatic carbocycles. The highest BCUT2D eigenvalue weighted by Gasteiger charge is 2.32.